The van der Waals surface area contributed by atoms with Crippen molar-refractivity contribution in [2.75, 3.05) is 18.4 Å². The van der Waals surface area contributed by atoms with Crippen molar-refractivity contribution in [3.63, 3.8) is 0 Å². The third-order valence-electron chi connectivity index (χ3n) is 2.61. The maximum absolute atomic E-state index is 13.4. The fourth-order valence-electron chi connectivity index (χ4n) is 1.81. The van der Waals surface area contributed by atoms with Crippen molar-refractivity contribution in [1.82, 2.24) is 5.32 Å². The van der Waals surface area contributed by atoms with Crippen LogP contribution in [0.3, 0.4) is 0 Å². The van der Waals surface area contributed by atoms with E-state index in [2.05, 4.69) is 10.6 Å². The van der Waals surface area contributed by atoms with E-state index in [4.69, 9.17) is 11.6 Å². The molecule has 1 aliphatic heterocycles. The fourth-order valence-corrected chi connectivity index (χ4v) is 2.03. The molecule has 2 rings (SSSR count). The fraction of sp³-hybridized carbons (Fsp3) is 0.455. The number of anilines is 1. The van der Waals surface area contributed by atoms with Crippen LogP contribution in [0.25, 0.3) is 0 Å². The Balaban J connectivity index is 2.09. The Labute approximate surface area is 93.8 Å². The number of hydrogen-bond acceptors (Lipinski definition) is 2. The third kappa shape index (κ3) is 2.61. The van der Waals surface area contributed by atoms with Crippen molar-refractivity contribution in [3.05, 3.63) is 29.0 Å². The van der Waals surface area contributed by atoms with Crippen molar-refractivity contribution in [2.24, 2.45) is 0 Å². The summed E-state index contributed by atoms with van der Waals surface area (Å²) in [5, 5.41) is 6.86. The van der Waals surface area contributed by atoms with Gasteiger partial charge in [-0.15, -0.1) is 0 Å². The van der Waals surface area contributed by atoms with Gasteiger partial charge in [0.25, 0.3) is 0 Å². The smallest absolute Gasteiger partial charge is 0.147 e. The molecule has 1 atom stereocenters. The van der Waals surface area contributed by atoms with Crippen LogP contribution in [0, 0.1) is 5.82 Å². The maximum atomic E-state index is 13.4. The largest absolute Gasteiger partial charge is 0.377 e. The molecule has 1 aromatic rings. The highest BCUT2D eigenvalue weighted by atomic mass is 35.5. The molecule has 0 amide bonds. The molecule has 1 aliphatic rings. The zero-order chi connectivity index (χ0) is 10.7. The predicted octanol–water partition coefficient (Wildman–Crippen LogP) is 2.64. The normalized spacial score (nSPS) is 21.3. The molecule has 1 saturated heterocycles. The number of hydrogen-bond donors (Lipinski definition) is 2. The Morgan fingerprint density at radius 3 is 3.00 bits per heavy atom. The molecular formula is C11H14ClFN2. The van der Waals surface area contributed by atoms with Crippen LogP contribution in [0.1, 0.15) is 12.8 Å². The van der Waals surface area contributed by atoms with Crippen LogP contribution in [0.15, 0.2) is 18.2 Å². The molecule has 0 radical (unpaired) electrons. The average Bonchev–Trinajstić information content (AvgIpc) is 2.25. The van der Waals surface area contributed by atoms with E-state index in [1.165, 1.54) is 6.07 Å². The van der Waals surface area contributed by atoms with Gasteiger partial charge in [-0.1, -0.05) is 17.7 Å². The highest BCUT2D eigenvalue weighted by Crippen LogP contribution is 2.26. The summed E-state index contributed by atoms with van der Waals surface area (Å²) in [5.74, 6) is -0.284. The molecule has 0 aliphatic carbocycles. The molecule has 4 heteroatoms. The Kier molecular flexibility index (Phi) is 3.44. The van der Waals surface area contributed by atoms with Crippen molar-refractivity contribution in [3.8, 4) is 0 Å². The minimum Gasteiger partial charge on any atom is -0.377 e. The minimum atomic E-state index is -0.284. The number of piperidine rings is 1. The Morgan fingerprint density at radius 1 is 1.47 bits per heavy atom. The number of rotatable bonds is 2. The van der Waals surface area contributed by atoms with Gasteiger partial charge in [0.1, 0.15) is 5.82 Å². The van der Waals surface area contributed by atoms with Gasteiger partial charge in [0.05, 0.1) is 10.7 Å². The summed E-state index contributed by atoms with van der Waals surface area (Å²) in [6.07, 6.45) is 2.17. The molecule has 2 N–H and O–H groups in total. The summed E-state index contributed by atoms with van der Waals surface area (Å²) < 4.78 is 13.4. The molecular weight excluding hydrogens is 215 g/mol. The number of nitrogens with one attached hydrogen (secondary N) is 2. The summed E-state index contributed by atoms with van der Waals surface area (Å²) in [6, 6.07) is 5.00. The second kappa shape index (κ2) is 4.81. The van der Waals surface area contributed by atoms with E-state index in [-0.39, 0.29) is 11.9 Å². The first-order valence-corrected chi connectivity index (χ1v) is 5.56. The standard InChI is InChI=1S/C11H14ClFN2/c12-9-4-1-5-10(13)11(9)15-8-3-2-6-14-7-8/h1,4-5,8,14-15H,2-3,6-7H2. The summed E-state index contributed by atoms with van der Waals surface area (Å²) >= 11 is 5.93. The van der Waals surface area contributed by atoms with E-state index in [0.29, 0.717) is 10.7 Å². The van der Waals surface area contributed by atoms with Crippen LogP contribution >= 0.6 is 11.6 Å². The molecule has 1 unspecified atom stereocenters. The first-order valence-electron chi connectivity index (χ1n) is 5.18. The Hall–Kier alpha value is -0.800. The van der Waals surface area contributed by atoms with Crippen LogP contribution < -0.4 is 10.6 Å². The molecule has 1 heterocycles. The lowest BCUT2D eigenvalue weighted by atomic mass is 10.1. The number of benzene rings is 1. The maximum Gasteiger partial charge on any atom is 0.147 e. The molecule has 0 aromatic heterocycles. The van der Waals surface area contributed by atoms with Gasteiger partial charge in [-0.2, -0.15) is 0 Å². The van der Waals surface area contributed by atoms with Crippen molar-refractivity contribution < 1.29 is 4.39 Å². The summed E-state index contributed by atoms with van der Waals surface area (Å²) in [6.45, 7) is 1.91. The minimum absolute atomic E-state index is 0.271. The van der Waals surface area contributed by atoms with Gasteiger partial charge in [-0.05, 0) is 31.5 Å². The molecule has 0 bridgehead atoms. The monoisotopic (exact) mass is 228 g/mol. The van der Waals surface area contributed by atoms with Gasteiger partial charge >= 0.3 is 0 Å². The highest BCUT2D eigenvalue weighted by molar-refractivity contribution is 6.33. The predicted molar refractivity (Wildman–Crippen MR) is 60.9 cm³/mol. The lowest BCUT2D eigenvalue weighted by Crippen LogP contribution is -2.38. The van der Waals surface area contributed by atoms with E-state index >= 15 is 0 Å². The van der Waals surface area contributed by atoms with Crippen molar-refractivity contribution in [1.29, 1.82) is 0 Å². The van der Waals surface area contributed by atoms with Gasteiger partial charge < -0.3 is 10.6 Å². The quantitative estimate of drug-likeness (QED) is 0.813. The second-order valence-corrected chi connectivity index (χ2v) is 4.19. The van der Waals surface area contributed by atoms with Crippen LogP contribution in [0.5, 0.6) is 0 Å². The van der Waals surface area contributed by atoms with Gasteiger partial charge in [0, 0.05) is 12.6 Å². The van der Waals surface area contributed by atoms with Crippen LogP contribution in [-0.2, 0) is 0 Å². The second-order valence-electron chi connectivity index (χ2n) is 3.78. The van der Waals surface area contributed by atoms with E-state index in [1.54, 1.807) is 12.1 Å². The Bertz CT molecular complexity index is 317. The lowest BCUT2D eigenvalue weighted by molar-refractivity contribution is 0.477. The SMILES string of the molecule is Fc1cccc(Cl)c1NC1CCCNC1. The summed E-state index contributed by atoms with van der Waals surface area (Å²) in [4.78, 5) is 0. The zero-order valence-corrected chi connectivity index (χ0v) is 9.15. The Morgan fingerprint density at radius 2 is 2.33 bits per heavy atom. The van der Waals surface area contributed by atoms with Gasteiger partial charge in [-0.3, -0.25) is 0 Å². The topological polar surface area (TPSA) is 24.1 Å². The van der Waals surface area contributed by atoms with Crippen molar-refractivity contribution >= 4 is 17.3 Å². The van der Waals surface area contributed by atoms with Gasteiger partial charge in [-0.25, -0.2) is 4.39 Å². The number of halogens is 2. The van der Waals surface area contributed by atoms with E-state index in [1.807, 2.05) is 0 Å². The van der Waals surface area contributed by atoms with Crippen LogP contribution in [0.2, 0.25) is 5.02 Å². The average molecular weight is 229 g/mol. The van der Waals surface area contributed by atoms with Gasteiger partial charge in [0.15, 0.2) is 0 Å². The third-order valence-corrected chi connectivity index (χ3v) is 2.92. The molecule has 1 aromatic carbocycles. The molecule has 0 spiro atoms. The lowest BCUT2D eigenvalue weighted by Gasteiger charge is -2.25. The molecule has 2 nitrogen and oxygen atoms in total. The van der Waals surface area contributed by atoms with Gasteiger partial charge in [0.2, 0.25) is 0 Å². The summed E-state index contributed by atoms with van der Waals surface area (Å²) in [5.41, 5.74) is 0.424. The van der Waals surface area contributed by atoms with E-state index < -0.39 is 0 Å². The van der Waals surface area contributed by atoms with E-state index in [9.17, 15) is 4.39 Å². The highest BCUT2D eigenvalue weighted by Gasteiger charge is 2.15. The summed E-state index contributed by atoms with van der Waals surface area (Å²) in [7, 11) is 0. The molecule has 15 heavy (non-hydrogen) atoms. The first-order chi connectivity index (χ1) is 7.27. The van der Waals surface area contributed by atoms with Crippen LogP contribution in [0.4, 0.5) is 10.1 Å². The number of para-hydroxylation sites is 1. The van der Waals surface area contributed by atoms with Crippen LogP contribution in [-0.4, -0.2) is 19.1 Å². The molecule has 1 fully saturated rings. The molecule has 0 saturated carbocycles. The van der Waals surface area contributed by atoms with E-state index in [0.717, 1.165) is 25.9 Å². The zero-order valence-electron chi connectivity index (χ0n) is 8.39. The molecule has 82 valence electrons. The van der Waals surface area contributed by atoms with Crippen molar-refractivity contribution in [2.45, 2.75) is 18.9 Å². The first kappa shape index (κ1) is 10.7.